The Bertz CT molecular complexity index is 2530. The summed E-state index contributed by atoms with van der Waals surface area (Å²) in [5.41, 5.74) is 10.7. The first-order chi connectivity index (χ1) is 25.5. The van der Waals surface area contributed by atoms with E-state index in [1.54, 1.807) is 24.8 Å². The molecule has 0 radical (unpaired) electrons. The fourth-order valence-electron chi connectivity index (χ4n) is 7.93. The molecule has 0 bridgehead atoms. The van der Waals surface area contributed by atoms with Gasteiger partial charge in [0.05, 0.1) is 22.8 Å². The number of aryl methyl sites for hydroxylation is 6. The third kappa shape index (κ3) is 5.92. The number of benzene rings is 3. The van der Waals surface area contributed by atoms with Crippen molar-refractivity contribution in [3.63, 3.8) is 0 Å². The molecule has 0 fully saturated rings. The highest BCUT2D eigenvalue weighted by Crippen LogP contribution is 2.45. The lowest BCUT2D eigenvalue weighted by Gasteiger charge is -2.34. The lowest BCUT2D eigenvalue weighted by Crippen LogP contribution is -2.42. The van der Waals surface area contributed by atoms with E-state index >= 15 is 4.79 Å². The van der Waals surface area contributed by atoms with Crippen LogP contribution >= 0.6 is 23.2 Å². The minimum atomic E-state index is -0.0893. The normalized spacial score (nSPS) is 14.4. The highest BCUT2D eigenvalue weighted by Gasteiger charge is 2.37. The van der Waals surface area contributed by atoms with Gasteiger partial charge in [-0.15, -0.1) is 0 Å². The molecule has 7 aromatic rings. The monoisotopic (exact) mass is 743 g/mol. The van der Waals surface area contributed by atoms with Gasteiger partial charge in [-0.3, -0.25) is 4.79 Å². The second kappa shape index (κ2) is 13.6. The molecule has 0 N–H and O–H groups in total. The molecule has 1 unspecified atom stereocenters. The Labute approximate surface area is 318 Å². The summed E-state index contributed by atoms with van der Waals surface area (Å²) >= 11 is 13.5. The van der Waals surface area contributed by atoms with Crippen molar-refractivity contribution in [2.45, 2.75) is 53.5 Å². The molecular formula is C42H39Cl2N7O2. The number of fused-ring (bicyclic) bond motifs is 4. The number of nitrogens with zero attached hydrogens (tertiary/aromatic N) is 7. The van der Waals surface area contributed by atoms with Crippen LogP contribution < -0.4 is 9.64 Å². The molecule has 1 amide bonds. The van der Waals surface area contributed by atoms with Crippen LogP contribution in [0, 0.1) is 27.7 Å². The molecule has 0 spiro atoms. The number of ether oxygens (including phenoxy) is 1. The van der Waals surface area contributed by atoms with Gasteiger partial charge in [0.25, 0.3) is 5.91 Å². The minimum Gasteiger partial charge on any atom is -0.494 e. The molecule has 0 saturated carbocycles. The van der Waals surface area contributed by atoms with Crippen LogP contribution in [-0.2, 0) is 13.5 Å². The summed E-state index contributed by atoms with van der Waals surface area (Å²) in [5.74, 6) is 1.35. The van der Waals surface area contributed by atoms with Gasteiger partial charge in [0.15, 0.2) is 5.82 Å². The summed E-state index contributed by atoms with van der Waals surface area (Å²) in [6.07, 6.45) is 8.40. The maximum Gasteiger partial charge on any atom is 0.275 e. The number of aromatic nitrogens is 6. The lowest BCUT2D eigenvalue weighted by atomic mass is 9.97. The van der Waals surface area contributed by atoms with Gasteiger partial charge in [-0.2, -0.15) is 0 Å². The van der Waals surface area contributed by atoms with Crippen molar-refractivity contribution in [3.8, 4) is 28.3 Å². The zero-order valence-electron chi connectivity index (χ0n) is 30.5. The molecule has 268 valence electrons. The van der Waals surface area contributed by atoms with Gasteiger partial charge in [-0.25, -0.2) is 19.9 Å². The predicted octanol–water partition coefficient (Wildman–Crippen LogP) is 9.82. The third-order valence-corrected chi connectivity index (χ3v) is 11.3. The molecule has 11 heteroatoms. The molecule has 0 saturated heterocycles. The minimum absolute atomic E-state index is 0.0622. The van der Waals surface area contributed by atoms with Crippen molar-refractivity contribution in [2.24, 2.45) is 7.05 Å². The maximum atomic E-state index is 15.2. The average molecular weight is 745 g/mol. The smallest absolute Gasteiger partial charge is 0.275 e. The van der Waals surface area contributed by atoms with E-state index in [0.29, 0.717) is 42.5 Å². The largest absolute Gasteiger partial charge is 0.494 e. The number of hydrogen-bond donors (Lipinski definition) is 0. The van der Waals surface area contributed by atoms with Crippen LogP contribution in [0.1, 0.15) is 58.0 Å². The number of carbonyl (C=O) groups is 1. The van der Waals surface area contributed by atoms with Crippen molar-refractivity contribution in [1.29, 1.82) is 0 Å². The molecule has 8 rings (SSSR count). The van der Waals surface area contributed by atoms with Crippen molar-refractivity contribution in [2.75, 3.05) is 18.1 Å². The van der Waals surface area contributed by atoms with Gasteiger partial charge in [0.1, 0.15) is 17.8 Å². The molecule has 1 aliphatic heterocycles. The van der Waals surface area contributed by atoms with Crippen molar-refractivity contribution in [3.05, 3.63) is 117 Å². The van der Waals surface area contributed by atoms with E-state index in [1.807, 2.05) is 70.1 Å². The van der Waals surface area contributed by atoms with Crippen molar-refractivity contribution < 1.29 is 9.53 Å². The van der Waals surface area contributed by atoms with Crippen molar-refractivity contribution >= 4 is 56.6 Å². The zero-order valence-corrected chi connectivity index (χ0v) is 32.0. The van der Waals surface area contributed by atoms with Crippen LogP contribution in [0.5, 0.6) is 5.75 Å². The summed E-state index contributed by atoms with van der Waals surface area (Å²) in [4.78, 5) is 35.1. The van der Waals surface area contributed by atoms with Gasteiger partial charge in [0, 0.05) is 87.6 Å². The molecule has 1 atom stereocenters. The Hall–Kier alpha value is -5.25. The molecule has 4 aromatic heterocycles. The van der Waals surface area contributed by atoms with Crippen LogP contribution in [0.4, 0.5) is 5.69 Å². The number of amides is 1. The first-order valence-electron chi connectivity index (χ1n) is 17.7. The van der Waals surface area contributed by atoms with E-state index in [-0.39, 0.29) is 11.9 Å². The van der Waals surface area contributed by atoms with E-state index in [0.717, 1.165) is 83.0 Å². The molecule has 3 aromatic carbocycles. The SMILES string of the molecule is Cc1cc(OCCCc2c3n(c4c(-c5c(C)ncnc5C)c(Cl)ccc24)C(C)CN(c2cn(C)c4ccc(-c5ncccn5)cc24)C3=O)cc(C)c1Cl. The Morgan fingerprint density at radius 2 is 1.60 bits per heavy atom. The maximum absolute atomic E-state index is 15.2. The number of rotatable bonds is 8. The second-order valence-corrected chi connectivity index (χ2v) is 14.7. The predicted molar refractivity (Wildman–Crippen MR) is 213 cm³/mol. The Balaban J connectivity index is 1.26. The summed E-state index contributed by atoms with van der Waals surface area (Å²) in [5, 5.41) is 3.29. The van der Waals surface area contributed by atoms with Gasteiger partial charge in [-0.1, -0.05) is 29.3 Å². The topological polar surface area (TPSA) is 91.0 Å². The molecule has 0 aliphatic carbocycles. The van der Waals surface area contributed by atoms with Gasteiger partial charge in [-0.05, 0) is 107 Å². The number of anilines is 1. The summed E-state index contributed by atoms with van der Waals surface area (Å²) in [6, 6.07) is 15.8. The van der Waals surface area contributed by atoms with Gasteiger partial charge < -0.3 is 18.8 Å². The van der Waals surface area contributed by atoms with Crippen LogP contribution in [0.3, 0.4) is 0 Å². The zero-order chi connectivity index (χ0) is 37.1. The molecule has 9 nitrogen and oxygen atoms in total. The average Bonchev–Trinajstić information content (AvgIpc) is 3.66. The number of halogens is 2. The summed E-state index contributed by atoms with van der Waals surface area (Å²) in [7, 11) is 2.01. The quantitative estimate of drug-likeness (QED) is 0.144. The van der Waals surface area contributed by atoms with E-state index in [9.17, 15) is 0 Å². The van der Waals surface area contributed by atoms with Crippen LogP contribution in [0.25, 0.3) is 44.3 Å². The second-order valence-electron chi connectivity index (χ2n) is 14.0. The van der Waals surface area contributed by atoms with Crippen LogP contribution in [0.15, 0.2) is 73.4 Å². The summed E-state index contributed by atoms with van der Waals surface area (Å²) < 4.78 is 10.5. The highest BCUT2D eigenvalue weighted by molar-refractivity contribution is 6.35. The number of carbonyl (C=O) groups excluding carboxylic acids is 1. The highest BCUT2D eigenvalue weighted by atomic mass is 35.5. The lowest BCUT2D eigenvalue weighted by molar-refractivity contribution is 0.0957. The summed E-state index contributed by atoms with van der Waals surface area (Å²) in [6.45, 7) is 11.0. The van der Waals surface area contributed by atoms with Crippen LogP contribution in [-0.4, -0.2) is 48.1 Å². The standard InChI is InChI=1S/C42H39Cl2N7O2/c1-23-17-29(18-24(2)38(23)44)53-16-7-9-30-31-11-12-33(43)37(36-26(4)47-22-48-27(36)5)39(31)51-25(3)20-50(42(52)40(30)51)35-21-49(6)34-13-10-28(19-32(34)35)41-45-14-8-15-46-41/h8,10-15,17-19,21-22,25H,7,9,16,20H2,1-6H3. The van der Waals surface area contributed by atoms with Gasteiger partial charge >= 0.3 is 0 Å². The fourth-order valence-corrected chi connectivity index (χ4v) is 8.29. The Morgan fingerprint density at radius 3 is 2.32 bits per heavy atom. The molecule has 5 heterocycles. The fraction of sp³-hybridized carbons (Fsp3) is 0.262. The van der Waals surface area contributed by atoms with E-state index < -0.39 is 0 Å². The van der Waals surface area contributed by atoms with E-state index in [4.69, 9.17) is 27.9 Å². The Kier molecular flexibility index (Phi) is 8.95. The number of hydrogen-bond acceptors (Lipinski definition) is 6. The Morgan fingerprint density at radius 1 is 0.887 bits per heavy atom. The molecule has 1 aliphatic rings. The van der Waals surface area contributed by atoms with Gasteiger partial charge in [0.2, 0.25) is 0 Å². The van der Waals surface area contributed by atoms with E-state index in [1.165, 1.54) is 0 Å². The van der Waals surface area contributed by atoms with Crippen LogP contribution in [0.2, 0.25) is 10.0 Å². The first kappa shape index (κ1) is 34.8. The molecule has 53 heavy (non-hydrogen) atoms. The third-order valence-electron chi connectivity index (χ3n) is 10.4. The van der Waals surface area contributed by atoms with E-state index in [2.05, 4.69) is 54.2 Å². The molecular weight excluding hydrogens is 705 g/mol. The first-order valence-corrected chi connectivity index (χ1v) is 18.5. The van der Waals surface area contributed by atoms with Crippen molar-refractivity contribution in [1.82, 2.24) is 29.1 Å².